The molecule has 1 fully saturated rings. The van der Waals surface area contributed by atoms with Crippen LogP contribution in [-0.2, 0) is 0 Å². The molecule has 0 saturated carbocycles. The van der Waals surface area contributed by atoms with Gasteiger partial charge in [-0.1, -0.05) is 6.92 Å². The number of aliphatic hydroxyl groups is 2. The van der Waals surface area contributed by atoms with Crippen molar-refractivity contribution in [3.8, 4) is 0 Å². The third-order valence-corrected chi connectivity index (χ3v) is 2.78. The van der Waals surface area contributed by atoms with Crippen molar-refractivity contribution in [3.63, 3.8) is 0 Å². The molecule has 3 nitrogen and oxygen atoms in total. The largest absolute Gasteiger partial charge is 0.396 e. The number of likely N-dealkylation sites (tertiary alicyclic amines) is 1. The van der Waals surface area contributed by atoms with Crippen LogP contribution in [0.15, 0.2) is 0 Å². The van der Waals surface area contributed by atoms with E-state index >= 15 is 0 Å². The standard InChI is InChI=1S/C9H19NO2/c1-2-10-5-3-8(7-11)9(12)4-6-10/h8-9,11-12H,2-7H2,1H3. The van der Waals surface area contributed by atoms with Crippen molar-refractivity contribution in [1.29, 1.82) is 0 Å². The van der Waals surface area contributed by atoms with Crippen molar-refractivity contribution >= 4 is 0 Å². The minimum atomic E-state index is -0.299. The lowest BCUT2D eigenvalue weighted by Crippen LogP contribution is -2.24. The molecule has 2 N–H and O–H groups in total. The van der Waals surface area contributed by atoms with Gasteiger partial charge in [-0.3, -0.25) is 0 Å². The van der Waals surface area contributed by atoms with E-state index in [0.29, 0.717) is 0 Å². The van der Waals surface area contributed by atoms with Gasteiger partial charge in [0.15, 0.2) is 0 Å². The van der Waals surface area contributed by atoms with Crippen LogP contribution >= 0.6 is 0 Å². The molecule has 0 aromatic heterocycles. The fourth-order valence-corrected chi connectivity index (χ4v) is 1.73. The lowest BCUT2D eigenvalue weighted by Gasteiger charge is -2.16. The molecular weight excluding hydrogens is 154 g/mol. The van der Waals surface area contributed by atoms with Gasteiger partial charge in [-0.15, -0.1) is 0 Å². The second-order valence-electron chi connectivity index (χ2n) is 3.52. The van der Waals surface area contributed by atoms with Gasteiger partial charge in [0.1, 0.15) is 0 Å². The second kappa shape index (κ2) is 4.80. The highest BCUT2D eigenvalue weighted by Crippen LogP contribution is 2.17. The average Bonchev–Trinajstić information content (AvgIpc) is 2.27. The molecule has 1 aliphatic heterocycles. The third kappa shape index (κ3) is 2.44. The van der Waals surface area contributed by atoms with Crippen LogP contribution in [0.2, 0.25) is 0 Å². The first kappa shape index (κ1) is 9.96. The van der Waals surface area contributed by atoms with E-state index in [1.165, 1.54) is 0 Å². The van der Waals surface area contributed by atoms with Crippen molar-refractivity contribution in [2.24, 2.45) is 5.92 Å². The summed E-state index contributed by atoms with van der Waals surface area (Å²) in [5, 5.41) is 18.5. The number of nitrogens with zero attached hydrogens (tertiary/aromatic N) is 1. The van der Waals surface area contributed by atoms with E-state index in [9.17, 15) is 5.11 Å². The zero-order valence-corrected chi connectivity index (χ0v) is 7.74. The molecule has 3 heteroatoms. The zero-order valence-electron chi connectivity index (χ0n) is 7.74. The lowest BCUT2D eigenvalue weighted by molar-refractivity contribution is 0.0654. The molecule has 1 rings (SSSR count). The number of hydrogen-bond donors (Lipinski definition) is 2. The van der Waals surface area contributed by atoms with Crippen molar-refractivity contribution in [2.45, 2.75) is 25.9 Å². The minimum absolute atomic E-state index is 0.0987. The van der Waals surface area contributed by atoms with Crippen LogP contribution in [0, 0.1) is 5.92 Å². The second-order valence-corrected chi connectivity index (χ2v) is 3.52. The average molecular weight is 173 g/mol. The van der Waals surface area contributed by atoms with Crippen LogP contribution in [0.1, 0.15) is 19.8 Å². The molecule has 2 unspecified atom stereocenters. The molecule has 72 valence electrons. The fraction of sp³-hybridized carbons (Fsp3) is 1.00. The first-order valence-electron chi connectivity index (χ1n) is 4.79. The summed E-state index contributed by atoms with van der Waals surface area (Å²) in [4.78, 5) is 2.32. The van der Waals surface area contributed by atoms with Crippen molar-refractivity contribution in [2.75, 3.05) is 26.2 Å². The molecule has 0 aromatic carbocycles. The summed E-state index contributed by atoms with van der Waals surface area (Å²) in [6, 6.07) is 0. The molecule has 12 heavy (non-hydrogen) atoms. The Bertz CT molecular complexity index is 130. The maximum Gasteiger partial charge on any atom is 0.0602 e. The van der Waals surface area contributed by atoms with Gasteiger partial charge < -0.3 is 15.1 Å². The number of aliphatic hydroxyl groups excluding tert-OH is 2. The van der Waals surface area contributed by atoms with E-state index in [1.807, 2.05) is 0 Å². The summed E-state index contributed by atoms with van der Waals surface area (Å²) in [7, 11) is 0. The van der Waals surface area contributed by atoms with Crippen LogP contribution in [-0.4, -0.2) is 47.5 Å². The molecule has 0 aromatic rings. The Morgan fingerprint density at radius 1 is 1.33 bits per heavy atom. The molecule has 1 heterocycles. The molecule has 0 spiro atoms. The summed E-state index contributed by atoms with van der Waals surface area (Å²) in [6.45, 7) is 5.28. The van der Waals surface area contributed by atoms with Crippen LogP contribution in [0.25, 0.3) is 0 Å². The van der Waals surface area contributed by atoms with E-state index in [1.54, 1.807) is 0 Å². The fourth-order valence-electron chi connectivity index (χ4n) is 1.73. The first-order chi connectivity index (χ1) is 5.77. The van der Waals surface area contributed by atoms with Crippen molar-refractivity contribution in [3.05, 3.63) is 0 Å². The monoisotopic (exact) mass is 173 g/mol. The van der Waals surface area contributed by atoms with Gasteiger partial charge in [-0.2, -0.15) is 0 Å². The molecule has 0 radical (unpaired) electrons. The smallest absolute Gasteiger partial charge is 0.0602 e. The Balaban J connectivity index is 2.41. The Kier molecular flexibility index (Phi) is 3.98. The summed E-state index contributed by atoms with van der Waals surface area (Å²) in [5.74, 6) is 0.0987. The van der Waals surface area contributed by atoms with Gasteiger partial charge in [0.2, 0.25) is 0 Å². The van der Waals surface area contributed by atoms with Crippen LogP contribution in [0.5, 0.6) is 0 Å². The normalized spacial score (nSPS) is 33.2. The quantitative estimate of drug-likeness (QED) is 0.621. The Hall–Kier alpha value is -0.120. The SMILES string of the molecule is CCN1CCC(O)C(CO)CC1. The van der Waals surface area contributed by atoms with E-state index in [4.69, 9.17) is 5.11 Å². The van der Waals surface area contributed by atoms with Crippen LogP contribution < -0.4 is 0 Å². The molecule has 0 aliphatic carbocycles. The Labute approximate surface area is 74.0 Å². The predicted molar refractivity (Wildman–Crippen MR) is 47.9 cm³/mol. The molecule has 2 atom stereocenters. The minimum Gasteiger partial charge on any atom is -0.396 e. The highest BCUT2D eigenvalue weighted by molar-refractivity contribution is 4.75. The van der Waals surface area contributed by atoms with E-state index in [0.717, 1.165) is 32.5 Å². The Morgan fingerprint density at radius 3 is 2.58 bits per heavy atom. The van der Waals surface area contributed by atoms with E-state index < -0.39 is 0 Å². The highest BCUT2D eigenvalue weighted by atomic mass is 16.3. The van der Waals surface area contributed by atoms with Crippen LogP contribution in [0.3, 0.4) is 0 Å². The summed E-state index contributed by atoms with van der Waals surface area (Å²) in [5.41, 5.74) is 0. The van der Waals surface area contributed by atoms with Gasteiger partial charge in [0.25, 0.3) is 0 Å². The molecule has 1 saturated heterocycles. The summed E-state index contributed by atoms with van der Waals surface area (Å²) < 4.78 is 0. The molecule has 0 bridgehead atoms. The first-order valence-corrected chi connectivity index (χ1v) is 4.79. The van der Waals surface area contributed by atoms with Gasteiger partial charge in [-0.05, 0) is 25.9 Å². The van der Waals surface area contributed by atoms with E-state index in [2.05, 4.69) is 11.8 Å². The van der Waals surface area contributed by atoms with Crippen LogP contribution in [0.4, 0.5) is 0 Å². The maximum absolute atomic E-state index is 9.58. The van der Waals surface area contributed by atoms with Gasteiger partial charge >= 0.3 is 0 Å². The van der Waals surface area contributed by atoms with E-state index in [-0.39, 0.29) is 18.6 Å². The predicted octanol–water partition coefficient (Wildman–Crippen LogP) is 0.0715. The maximum atomic E-state index is 9.58. The number of hydrogen-bond acceptors (Lipinski definition) is 3. The van der Waals surface area contributed by atoms with Crippen molar-refractivity contribution in [1.82, 2.24) is 4.90 Å². The highest BCUT2D eigenvalue weighted by Gasteiger charge is 2.22. The Morgan fingerprint density at radius 2 is 2.00 bits per heavy atom. The lowest BCUT2D eigenvalue weighted by atomic mass is 9.99. The van der Waals surface area contributed by atoms with Crippen molar-refractivity contribution < 1.29 is 10.2 Å². The summed E-state index contributed by atoms with van der Waals surface area (Å²) in [6.07, 6.45) is 1.43. The van der Waals surface area contributed by atoms with Gasteiger partial charge in [0.05, 0.1) is 6.10 Å². The topological polar surface area (TPSA) is 43.7 Å². The summed E-state index contributed by atoms with van der Waals surface area (Å²) >= 11 is 0. The zero-order chi connectivity index (χ0) is 8.97. The molecular formula is C9H19NO2. The van der Waals surface area contributed by atoms with Gasteiger partial charge in [-0.25, -0.2) is 0 Å². The molecule has 1 aliphatic rings. The third-order valence-electron chi connectivity index (χ3n) is 2.78. The number of rotatable bonds is 2. The van der Waals surface area contributed by atoms with Gasteiger partial charge in [0, 0.05) is 19.1 Å². The molecule has 0 amide bonds.